The SMILES string of the molecule is CCCCC(CC)COC(=O)CCNCCN(CCC)CCNC. The number of nitrogens with zero attached hydrogens (tertiary/aromatic N) is 1. The molecule has 0 aliphatic heterocycles. The van der Waals surface area contributed by atoms with Gasteiger partial charge in [0, 0.05) is 32.7 Å². The van der Waals surface area contributed by atoms with Crippen LogP contribution in [0.25, 0.3) is 0 Å². The fourth-order valence-electron chi connectivity index (χ4n) is 2.66. The van der Waals surface area contributed by atoms with Gasteiger partial charge in [0.15, 0.2) is 0 Å². The van der Waals surface area contributed by atoms with E-state index in [4.69, 9.17) is 4.74 Å². The van der Waals surface area contributed by atoms with Crippen LogP contribution in [0.1, 0.15) is 59.3 Å². The van der Waals surface area contributed by atoms with Crippen molar-refractivity contribution in [3.05, 3.63) is 0 Å². The summed E-state index contributed by atoms with van der Waals surface area (Å²) >= 11 is 0. The van der Waals surface area contributed by atoms with Crippen LogP contribution in [0.4, 0.5) is 0 Å². The van der Waals surface area contributed by atoms with Gasteiger partial charge in [-0.25, -0.2) is 0 Å². The lowest BCUT2D eigenvalue weighted by molar-refractivity contribution is -0.145. The summed E-state index contributed by atoms with van der Waals surface area (Å²) in [6.45, 7) is 13.0. The first-order chi connectivity index (χ1) is 11.7. The maximum Gasteiger partial charge on any atom is 0.307 e. The quantitative estimate of drug-likeness (QED) is 0.314. The molecule has 0 rings (SSSR count). The van der Waals surface area contributed by atoms with Crippen LogP contribution in [-0.4, -0.2) is 63.8 Å². The summed E-state index contributed by atoms with van der Waals surface area (Å²) in [6.07, 6.45) is 6.32. The minimum Gasteiger partial charge on any atom is -0.465 e. The van der Waals surface area contributed by atoms with Gasteiger partial charge in [0.1, 0.15) is 0 Å². The molecule has 1 unspecified atom stereocenters. The van der Waals surface area contributed by atoms with E-state index in [-0.39, 0.29) is 5.97 Å². The number of carbonyl (C=O) groups is 1. The fraction of sp³-hybridized carbons (Fsp3) is 0.947. The monoisotopic (exact) mass is 343 g/mol. The van der Waals surface area contributed by atoms with Crippen LogP contribution >= 0.6 is 0 Å². The Hall–Kier alpha value is -0.650. The van der Waals surface area contributed by atoms with Crippen molar-refractivity contribution in [2.45, 2.75) is 59.3 Å². The molecule has 144 valence electrons. The lowest BCUT2D eigenvalue weighted by atomic mass is 10.0. The normalized spacial score (nSPS) is 12.5. The van der Waals surface area contributed by atoms with E-state index in [2.05, 4.69) is 36.3 Å². The van der Waals surface area contributed by atoms with E-state index >= 15 is 0 Å². The summed E-state index contributed by atoms with van der Waals surface area (Å²) in [5.41, 5.74) is 0. The van der Waals surface area contributed by atoms with Gasteiger partial charge >= 0.3 is 5.97 Å². The minimum absolute atomic E-state index is 0.0713. The number of unbranched alkanes of at least 4 members (excludes halogenated alkanes) is 1. The van der Waals surface area contributed by atoms with Gasteiger partial charge < -0.3 is 20.3 Å². The topological polar surface area (TPSA) is 53.6 Å². The van der Waals surface area contributed by atoms with Gasteiger partial charge in [-0.3, -0.25) is 4.79 Å². The average molecular weight is 344 g/mol. The molecule has 0 bridgehead atoms. The van der Waals surface area contributed by atoms with Crippen LogP contribution in [-0.2, 0) is 9.53 Å². The van der Waals surface area contributed by atoms with Crippen LogP contribution in [0.2, 0.25) is 0 Å². The number of hydrogen-bond donors (Lipinski definition) is 2. The zero-order chi connectivity index (χ0) is 18.0. The van der Waals surface area contributed by atoms with Crippen LogP contribution in [0.15, 0.2) is 0 Å². The van der Waals surface area contributed by atoms with E-state index in [0.29, 0.717) is 25.5 Å². The molecule has 24 heavy (non-hydrogen) atoms. The Bertz CT molecular complexity index is 288. The molecule has 2 N–H and O–H groups in total. The molecule has 5 nitrogen and oxygen atoms in total. The molecule has 0 aromatic heterocycles. The molecule has 0 amide bonds. The number of likely N-dealkylation sites (N-methyl/N-ethyl adjacent to an activating group) is 1. The molecule has 0 aromatic rings. The minimum atomic E-state index is -0.0713. The summed E-state index contributed by atoms with van der Waals surface area (Å²) in [7, 11) is 1.99. The Kier molecular flexibility index (Phi) is 16.7. The van der Waals surface area contributed by atoms with Gasteiger partial charge in [-0.05, 0) is 32.4 Å². The maximum absolute atomic E-state index is 11.8. The van der Waals surface area contributed by atoms with Crippen LogP contribution in [0.5, 0.6) is 0 Å². The number of nitrogens with one attached hydrogen (secondary N) is 2. The Morgan fingerprint density at radius 2 is 1.79 bits per heavy atom. The van der Waals surface area contributed by atoms with E-state index in [1.54, 1.807) is 0 Å². The third kappa shape index (κ3) is 13.8. The Morgan fingerprint density at radius 3 is 2.42 bits per heavy atom. The van der Waals surface area contributed by atoms with Crippen molar-refractivity contribution in [3.63, 3.8) is 0 Å². The molecule has 0 aliphatic carbocycles. The number of hydrogen-bond acceptors (Lipinski definition) is 5. The standard InChI is InChI=1S/C19H41N3O2/c1-5-8-9-18(7-3)17-24-19(23)10-11-21-13-16-22(14-6-2)15-12-20-4/h18,20-21H,5-17H2,1-4H3. The van der Waals surface area contributed by atoms with Crippen molar-refractivity contribution in [1.29, 1.82) is 0 Å². The Balaban J connectivity index is 3.69. The van der Waals surface area contributed by atoms with Gasteiger partial charge in [0.05, 0.1) is 13.0 Å². The Labute approximate surface area is 149 Å². The fourth-order valence-corrected chi connectivity index (χ4v) is 2.66. The van der Waals surface area contributed by atoms with E-state index in [1.807, 2.05) is 7.05 Å². The molecule has 5 heteroatoms. The summed E-state index contributed by atoms with van der Waals surface area (Å²) in [6, 6.07) is 0. The summed E-state index contributed by atoms with van der Waals surface area (Å²) in [4.78, 5) is 14.2. The van der Waals surface area contributed by atoms with Crippen molar-refractivity contribution in [2.75, 3.05) is 52.9 Å². The predicted octanol–water partition coefficient (Wildman–Crippen LogP) is 2.66. The van der Waals surface area contributed by atoms with Crippen LogP contribution in [0, 0.1) is 5.92 Å². The molecule has 0 aliphatic rings. The number of carbonyl (C=O) groups excluding carboxylic acids is 1. The molecule has 0 radical (unpaired) electrons. The van der Waals surface area contributed by atoms with Crippen molar-refractivity contribution in [2.24, 2.45) is 5.92 Å². The molecular weight excluding hydrogens is 302 g/mol. The van der Waals surface area contributed by atoms with Crippen molar-refractivity contribution >= 4 is 5.97 Å². The first kappa shape index (κ1) is 23.4. The highest BCUT2D eigenvalue weighted by molar-refractivity contribution is 5.69. The predicted molar refractivity (Wildman–Crippen MR) is 102 cm³/mol. The van der Waals surface area contributed by atoms with E-state index in [9.17, 15) is 4.79 Å². The van der Waals surface area contributed by atoms with Crippen molar-refractivity contribution in [1.82, 2.24) is 15.5 Å². The van der Waals surface area contributed by atoms with E-state index in [0.717, 1.165) is 39.1 Å². The third-order valence-electron chi connectivity index (χ3n) is 4.35. The lowest BCUT2D eigenvalue weighted by Gasteiger charge is -2.21. The molecule has 1 atom stereocenters. The molecule has 0 saturated carbocycles. The number of esters is 1. The molecule has 0 fully saturated rings. The summed E-state index contributed by atoms with van der Waals surface area (Å²) in [5.74, 6) is 0.453. The number of rotatable bonds is 17. The molecule has 0 aromatic carbocycles. The molecule has 0 saturated heterocycles. The molecular formula is C19H41N3O2. The zero-order valence-electron chi connectivity index (χ0n) is 16.5. The summed E-state index contributed by atoms with van der Waals surface area (Å²) in [5, 5.41) is 6.54. The van der Waals surface area contributed by atoms with Crippen LogP contribution in [0.3, 0.4) is 0 Å². The zero-order valence-corrected chi connectivity index (χ0v) is 16.5. The largest absolute Gasteiger partial charge is 0.465 e. The average Bonchev–Trinajstić information content (AvgIpc) is 2.59. The van der Waals surface area contributed by atoms with Crippen molar-refractivity contribution < 1.29 is 9.53 Å². The van der Waals surface area contributed by atoms with Crippen LogP contribution < -0.4 is 10.6 Å². The van der Waals surface area contributed by atoms with Gasteiger partial charge in [0.2, 0.25) is 0 Å². The second-order valence-corrected chi connectivity index (χ2v) is 6.54. The van der Waals surface area contributed by atoms with Gasteiger partial charge in [-0.1, -0.05) is 40.0 Å². The Morgan fingerprint density at radius 1 is 1.04 bits per heavy atom. The van der Waals surface area contributed by atoms with Gasteiger partial charge in [-0.15, -0.1) is 0 Å². The summed E-state index contributed by atoms with van der Waals surface area (Å²) < 4.78 is 5.41. The highest BCUT2D eigenvalue weighted by Gasteiger charge is 2.10. The lowest BCUT2D eigenvalue weighted by Crippen LogP contribution is -2.37. The van der Waals surface area contributed by atoms with E-state index < -0.39 is 0 Å². The molecule has 0 spiro atoms. The van der Waals surface area contributed by atoms with Crippen molar-refractivity contribution in [3.8, 4) is 0 Å². The number of ether oxygens (including phenoxy) is 1. The van der Waals surface area contributed by atoms with E-state index in [1.165, 1.54) is 25.7 Å². The first-order valence-corrected chi connectivity index (χ1v) is 9.91. The highest BCUT2D eigenvalue weighted by atomic mass is 16.5. The second kappa shape index (κ2) is 17.2. The third-order valence-corrected chi connectivity index (χ3v) is 4.35. The molecule has 0 heterocycles. The maximum atomic E-state index is 11.8. The second-order valence-electron chi connectivity index (χ2n) is 6.54. The van der Waals surface area contributed by atoms with Gasteiger partial charge in [-0.2, -0.15) is 0 Å². The van der Waals surface area contributed by atoms with Gasteiger partial charge in [0.25, 0.3) is 0 Å². The first-order valence-electron chi connectivity index (χ1n) is 9.91. The highest BCUT2D eigenvalue weighted by Crippen LogP contribution is 2.13. The smallest absolute Gasteiger partial charge is 0.307 e.